The van der Waals surface area contributed by atoms with Crippen molar-refractivity contribution in [3.8, 4) is 0 Å². The quantitative estimate of drug-likeness (QED) is 0.687. The average Bonchev–Trinajstić information content (AvgIpc) is 2.71. The monoisotopic (exact) mass is 341 g/mol. The topological polar surface area (TPSA) is 37.4 Å². The number of amides is 1. The summed E-state index contributed by atoms with van der Waals surface area (Å²) in [6.07, 6.45) is 5.10. The minimum absolute atomic E-state index is 0.221. The number of rotatable bonds is 1. The third-order valence-corrected chi connectivity index (χ3v) is 7.94. The third-order valence-electron chi connectivity index (χ3n) is 6.75. The highest BCUT2D eigenvalue weighted by Crippen LogP contribution is 2.72. The molecule has 3 aliphatic rings. The Bertz CT molecular complexity index is 469. The molecule has 3 rings (SSSR count). The van der Waals surface area contributed by atoms with Crippen molar-refractivity contribution >= 4 is 27.6 Å². The van der Waals surface area contributed by atoms with E-state index in [1.807, 2.05) is 4.90 Å². The molecular formula is C16H24BrNO2. The first-order valence-corrected chi connectivity index (χ1v) is 8.68. The van der Waals surface area contributed by atoms with Crippen molar-refractivity contribution < 1.29 is 9.59 Å². The number of hydrogen-bond donors (Lipinski definition) is 0. The Balaban J connectivity index is 2.02. The summed E-state index contributed by atoms with van der Waals surface area (Å²) >= 11 is 3.60. The van der Waals surface area contributed by atoms with Crippen LogP contribution in [0.2, 0.25) is 0 Å². The molecule has 3 atom stereocenters. The molecule has 20 heavy (non-hydrogen) atoms. The van der Waals surface area contributed by atoms with Gasteiger partial charge in [-0.2, -0.15) is 0 Å². The number of halogens is 1. The highest BCUT2D eigenvalue weighted by Gasteiger charge is 2.77. The Morgan fingerprint density at radius 2 is 1.75 bits per heavy atom. The lowest BCUT2D eigenvalue weighted by atomic mass is 9.64. The van der Waals surface area contributed by atoms with Crippen LogP contribution in [-0.4, -0.2) is 34.5 Å². The van der Waals surface area contributed by atoms with E-state index in [1.54, 1.807) is 0 Å². The predicted octanol–water partition coefficient (Wildman–Crippen LogP) is 3.16. The van der Waals surface area contributed by atoms with E-state index in [4.69, 9.17) is 0 Å². The molecule has 0 unspecified atom stereocenters. The zero-order valence-corrected chi connectivity index (χ0v) is 14.3. The van der Waals surface area contributed by atoms with E-state index in [0.29, 0.717) is 0 Å². The van der Waals surface area contributed by atoms with Gasteiger partial charge in [-0.15, -0.1) is 0 Å². The SMILES string of the molecule is CC1(C)[C@]2(C)CC[C@@]1(C(=O)N1CCCCC1)[C@H](Br)C2=O. The van der Waals surface area contributed by atoms with E-state index in [0.717, 1.165) is 38.8 Å². The molecular weight excluding hydrogens is 318 g/mol. The number of fused-ring (bicyclic) bond motifs is 2. The second kappa shape index (κ2) is 4.31. The summed E-state index contributed by atoms with van der Waals surface area (Å²) in [5, 5.41) is 0. The van der Waals surface area contributed by atoms with Gasteiger partial charge in [0.15, 0.2) is 5.78 Å². The fourth-order valence-electron chi connectivity index (χ4n) is 4.80. The van der Waals surface area contributed by atoms with Crippen LogP contribution in [0.15, 0.2) is 0 Å². The van der Waals surface area contributed by atoms with Crippen molar-refractivity contribution in [2.75, 3.05) is 13.1 Å². The summed E-state index contributed by atoms with van der Waals surface area (Å²) in [5.74, 6) is 0.456. The lowest BCUT2D eigenvalue weighted by Gasteiger charge is -2.43. The van der Waals surface area contributed by atoms with E-state index >= 15 is 0 Å². The first-order valence-electron chi connectivity index (χ1n) is 7.77. The van der Waals surface area contributed by atoms with Crippen LogP contribution in [0.4, 0.5) is 0 Å². The first-order chi connectivity index (χ1) is 9.29. The lowest BCUT2D eigenvalue weighted by molar-refractivity contribution is -0.148. The zero-order valence-electron chi connectivity index (χ0n) is 12.7. The van der Waals surface area contributed by atoms with Gasteiger partial charge in [-0.25, -0.2) is 0 Å². The molecule has 2 saturated carbocycles. The lowest BCUT2D eigenvalue weighted by Crippen LogP contribution is -2.53. The van der Waals surface area contributed by atoms with Crippen molar-refractivity contribution in [2.45, 2.75) is 57.7 Å². The van der Waals surface area contributed by atoms with Crippen LogP contribution in [0.1, 0.15) is 52.9 Å². The molecule has 112 valence electrons. The van der Waals surface area contributed by atoms with Crippen molar-refractivity contribution in [1.82, 2.24) is 4.90 Å². The number of Topliss-reactive ketones (excluding diaryl/α,β-unsaturated/α-hetero) is 1. The van der Waals surface area contributed by atoms with Gasteiger partial charge >= 0.3 is 0 Å². The van der Waals surface area contributed by atoms with Crippen LogP contribution in [0.3, 0.4) is 0 Å². The second-order valence-electron chi connectivity index (χ2n) is 7.51. The summed E-state index contributed by atoms with van der Waals surface area (Å²) in [6, 6.07) is 0. The van der Waals surface area contributed by atoms with Crippen LogP contribution in [-0.2, 0) is 9.59 Å². The number of ketones is 1. The third kappa shape index (κ3) is 1.42. The first kappa shape index (κ1) is 14.6. The Morgan fingerprint density at radius 3 is 2.25 bits per heavy atom. The molecule has 0 aromatic carbocycles. The highest BCUT2D eigenvalue weighted by atomic mass is 79.9. The number of likely N-dealkylation sites (tertiary alicyclic amines) is 1. The maximum absolute atomic E-state index is 13.2. The number of hydrogen-bond acceptors (Lipinski definition) is 2. The molecule has 1 amide bonds. The summed E-state index contributed by atoms with van der Waals surface area (Å²) in [5.41, 5.74) is -1.15. The Morgan fingerprint density at radius 1 is 1.15 bits per heavy atom. The standard InChI is InChI=1S/C16H24BrNO2/c1-14(2)15(3)7-8-16(14,11(17)12(15)19)13(20)18-9-5-4-6-10-18/h11H,4-10H2,1-3H3/t11-,15-,16+/m1/s1. The van der Waals surface area contributed by atoms with Crippen LogP contribution in [0.25, 0.3) is 0 Å². The summed E-state index contributed by atoms with van der Waals surface area (Å²) in [7, 11) is 0. The molecule has 4 heteroatoms. The largest absolute Gasteiger partial charge is 0.342 e. The maximum atomic E-state index is 13.2. The highest BCUT2D eigenvalue weighted by molar-refractivity contribution is 9.10. The van der Waals surface area contributed by atoms with Gasteiger partial charge in [0.1, 0.15) is 0 Å². The molecule has 0 aromatic heterocycles. The van der Waals surface area contributed by atoms with Gasteiger partial charge in [0.2, 0.25) is 5.91 Å². The molecule has 0 radical (unpaired) electrons. The molecule has 2 aliphatic carbocycles. The Hall–Kier alpha value is -0.380. The number of piperidine rings is 1. The summed E-state index contributed by atoms with van der Waals surface area (Å²) in [4.78, 5) is 27.6. The minimum atomic E-state index is -0.532. The number of alkyl halides is 1. The molecule has 1 saturated heterocycles. The number of carbonyl (C=O) groups excluding carboxylic acids is 2. The Labute approximate surface area is 129 Å². The van der Waals surface area contributed by atoms with Crippen molar-refractivity contribution in [3.63, 3.8) is 0 Å². The van der Waals surface area contributed by atoms with E-state index in [2.05, 4.69) is 36.7 Å². The smallest absolute Gasteiger partial charge is 0.230 e. The maximum Gasteiger partial charge on any atom is 0.230 e. The number of carbonyl (C=O) groups is 2. The zero-order chi connectivity index (χ0) is 14.8. The van der Waals surface area contributed by atoms with E-state index in [-0.39, 0.29) is 27.3 Å². The molecule has 0 aromatic rings. The second-order valence-corrected chi connectivity index (χ2v) is 8.42. The molecule has 3 fully saturated rings. The fourth-order valence-corrected chi connectivity index (χ4v) is 6.31. The van der Waals surface area contributed by atoms with E-state index in [1.165, 1.54) is 6.42 Å². The van der Waals surface area contributed by atoms with Crippen LogP contribution in [0.5, 0.6) is 0 Å². The van der Waals surface area contributed by atoms with Crippen molar-refractivity contribution in [1.29, 1.82) is 0 Å². The normalized spacial score (nSPS) is 43.1. The summed E-state index contributed by atoms with van der Waals surface area (Å²) < 4.78 is 0. The molecule has 2 bridgehead atoms. The molecule has 0 N–H and O–H groups in total. The summed E-state index contributed by atoms with van der Waals surface area (Å²) in [6.45, 7) is 8.03. The van der Waals surface area contributed by atoms with Crippen LogP contribution < -0.4 is 0 Å². The van der Waals surface area contributed by atoms with E-state index < -0.39 is 5.41 Å². The van der Waals surface area contributed by atoms with Crippen molar-refractivity contribution in [2.24, 2.45) is 16.2 Å². The number of nitrogens with zero attached hydrogens (tertiary/aromatic N) is 1. The molecule has 0 spiro atoms. The molecule has 1 heterocycles. The van der Waals surface area contributed by atoms with Crippen molar-refractivity contribution in [3.05, 3.63) is 0 Å². The Kier molecular flexibility index (Phi) is 3.14. The molecule has 1 aliphatic heterocycles. The van der Waals surface area contributed by atoms with Gasteiger partial charge in [0.05, 0.1) is 10.2 Å². The minimum Gasteiger partial charge on any atom is -0.342 e. The van der Waals surface area contributed by atoms with Crippen LogP contribution in [0, 0.1) is 16.2 Å². The van der Waals surface area contributed by atoms with Gasteiger partial charge in [0.25, 0.3) is 0 Å². The van der Waals surface area contributed by atoms with Crippen LogP contribution >= 0.6 is 15.9 Å². The van der Waals surface area contributed by atoms with Gasteiger partial charge in [-0.3, -0.25) is 9.59 Å². The van der Waals surface area contributed by atoms with Gasteiger partial charge < -0.3 is 4.90 Å². The van der Waals surface area contributed by atoms with E-state index in [9.17, 15) is 9.59 Å². The fraction of sp³-hybridized carbons (Fsp3) is 0.875. The average molecular weight is 342 g/mol. The predicted molar refractivity (Wildman–Crippen MR) is 81.7 cm³/mol. The van der Waals surface area contributed by atoms with Gasteiger partial charge in [-0.05, 0) is 37.5 Å². The van der Waals surface area contributed by atoms with Gasteiger partial charge in [0, 0.05) is 18.5 Å². The molecule has 3 nitrogen and oxygen atoms in total. The van der Waals surface area contributed by atoms with Gasteiger partial charge in [-0.1, -0.05) is 36.7 Å².